The van der Waals surface area contributed by atoms with Crippen LogP contribution >= 0.6 is 24.0 Å². The van der Waals surface area contributed by atoms with E-state index in [0.717, 1.165) is 11.3 Å². The van der Waals surface area contributed by atoms with E-state index in [1.807, 2.05) is 41.2 Å². The van der Waals surface area contributed by atoms with Crippen LogP contribution in [0.15, 0.2) is 60.8 Å². The first-order chi connectivity index (χ1) is 14.7. The van der Waals surface area contributed by atoms with Crippen LogP contribution in [-0.4, -0.2) is 21.7 Å². The molecule has 1 aromatic heterocycles. The molecular formula is C24H27Cl2FN4O. The second-order valence-corrected chi connectivity index (χ2v) is 9.38. The number of nitrogens with zero attached hydrogens (tertiary/aromatic N) is 2. The summed E-state index contributed by atoms with van der Waals surface area (Å²) in [6.07, 6.45) is 2.56. The zero-order chi connectivity index (χ0) is 22.2. The first kappa shape index (κ1) is 24.2. The van der Waals surface area contributed by atoms with Gasteiger partial charge in [-0.2, -0.15) is 5.10 Å². The maximum Gasteiger partial charge on any atom is 0.241 e. The van der Waals surface area contributed by atoms with Gasteiger partial charge in [0.2, 0.25) is 5.91 Å². The third kappa shape index (κ3) is 5.31. The molecule has 0 spiro atoms. The lowest BCUT2D eigenvalue weighted by atomic mass is 9.90. The van der Waals surface area contributed by atoms with Crippen molar-refractivity contribution in [1.82, 2.24) is 15.1 Å². The van der Waals surface area contributed by atoms with Crippen LogP contribution in [0.5, 0.6) is 0 Å². The van der Waals surface area contributed by atoms with E-state index in [1.54, 1.807) is 12.1 Å². The Kier molecular flexibility index (Phi) is 7.28. The molecule has 1 aliphatic heterocycles. The van der Waals surface area contributed by atoms with Crippen molar-refractivity contribution in [2.45, 2.75) is 50.7 Å². The molecule has 0 saturated carbocycles. The van der Waals surface area contributed by atoms with Crippen LogP contribution in [0.4, 0.5) is 10.1 Å². The molecule has 1 amide bonds. The number of hydrogen-bond acceptors (Lipinski definition) is 3. The first-order valence-corrected chi connectivity index (χ1v) is 10.7. The second kappa shape index (κ2) is 9.61. The highest BCUT2D eigenvalue weighted by Gasteiger charge is 2.40. The number of halogens is 3. The lowest BCUT2D eigenvalue weighted by molar-refractivity contribution is -0.117. The lowest BCUT2D eigenvalue weighted by Crippen LogP contribution is -2.36. The quantitative estimate of drug-likeness (QED) is 0.509. The Morgan fingerprint density at radius 3 is 2.53 bits per heavy atom. The van der Waals surface area contributed by atoms with Crippen LogP contribution in [0.3, 0.4) is 0 Å². The molecule has 2 aromatic carbocycles. The highest BCUT2D eigenvalue weighted by Crippen LogP contribution is 2.40. The molecule has 170 valence electrons. The molecular weight excluding hydrogens is 450 g/mol. The van der Waals surface area contributed by atoms with Crippen molar-refractivity contribution < 1.29 is 9.18 Å². The van der Waals surface area contributed by atoms with Crippen molar-refractivity contribution in [2.24, 2.45) is 0 Å². The molecule has 1 saturated heterocycles. The highest BCUT2D eigenvalue weighted by molar-refractivity contribution is 6.30. The van der Waals surface area contributed by atoms with Crippen LogP contribution < -0.4 is 10.6 Å². The van der Waals surface area contributed by atoms with Crippen LogP contribution in [0.2, 0.25) is 5.02 Å². The summed E-state index contributed by atoms with van der Waals surface area (Å²) in [6, 6.07) is 15.0. The number of amides is 1. The maximum absolute atomic E-state index is 13.5. The maximum atomic E-state index is 13.5. The summed E-state index contributed by atoms with van der Waals surface area (Å²) in [6.45, 7) is 6.30. The van der Waals surface area contributed by atoms with E-state index < -0.39 is 6.04 Å². The SMILES string of the molecule is CC(C)(C)n1ccc(C2C[C@@H](C(=O)Nc3cccc(F)c3)N[C@H]2c2ccc(Cl)cc2)n1.Cl. The van der Waals surface area contributed by atoms with Crippen molar-refractivity contribution in [3.8, 4) is 0 Å². The zero-order valence-electron chi connectivity index (χ0n) is 18.2. The second-order valence-electron chi connectivity index (χ2n) is 8.95. The van der Waals surface area contributed by atoms with Gasteiger partial charge in [0.25, 0.3) is 0 Å². The number of rotatable bonds is 4. The molecule has 1 unspecified atom stereocenters. The van der Waals surface area contributed by atoms with Crippen LogP contribution in [0, 0.1) is 5.82 Å². The van der Waals surface area contributed by atoms with Gasteiger partial charge in [0.1, 0.15) is 5.82 Å². The van der Waals surface area contributed by atoms with Crippen molar-refractivity contribution in [3.63, 3.8) is 0 Å². The zero-order valence-corrected chi connectivity index (χ0v) is 19.8. The van der Waals surface area contributed by atoms with Crippen molar-refractivity contribution >= 4 is 35.6 Å². The summed E-state index contributed by atoms with van der Waals surface area (Å²) in [4.78, 5) is 13.0. The number of nitrogens with one attached hydrogen (secondary N) is 2. The van der Waals surface area contributed by atoms with Crippen molar-refractivity contribution in [1.29, 1.82) is 0 Å². The van der Waals surface area contributed by atoms with Gasteiger partial charge in [-0.25, -0.2) is 4.39 Å². The average molecular weight is 477 g/mol. The number of aromatic nitrogens is 2. The van der Waals surface area contributed by atoms with Gasteiger partial charge in [-0.1, -0.05) is 29.8 Å². The van der Waals surface area contributed by atoms with E-state index in [4.69, 9.17) is 16.7 Å². The molecule has 3 aromatic rings. The Morgan fingerprint density at radius 2 is 1.91 bits per heavy atom. The van der Waals surface area contributed by atoms with E-state index in [2.05, 4.69) is 31.4 Å². The number of hydrogen-bond donors (Lipinski definition) is 2. The Balaban J connectivity index is 0.00000289. The Bertz CT molecular complexity index is 1080. The Hall–Kier alpha value is -2.41. The van der Waals surface area contributed by atoms with Gasteiger partial charge in [-0.15, -0.1) is 12.4 Å². The molecule has 0 radical (unpaired) electrons. The minimum absolute atomic E-state index is 0. The average Bonchev–Trinajstić information content (AvgIpc) is 3.36. The molecule has 2 heterocycles. The molecule has 2 N–H and O–H groups in total. The molecule has 0 aliphatic carbocycles. The van der Waals surface area contributed by atoms with Crippen molar-refractivity contribution in [2.75, 3.05) is 5.32 Å². The van der Waals surface area contributed by atoms with Gasteiger partial charge >= 0.3 is 0 Å². The summed E-state index contributed by atoms with van der Waals surface area (Å²) in [5, 5.41) is 11.8. The number of anilines is 1. The summed E-state index contributed by atoms with van der Waals surface area (Å²) in [5.74, 6) is -0.572. The van der Waals surface area contributed by atoms with E-state index in [-0.39, 0.29) is 41.6 Å². The largest absolute Gasteiger partial charge is 0.325 e. The predicted molar refractivity (Wildman–Crippen MR) is 128 cm³/mol. The summed E-state index contributed by atoms with van der Waals surface area (Å²) in [7, 11) is 0. The van der Waals surface area contributed by atoms with E-state index in [0.29, 0.717) is 17.1 Å². The van der Waals surface area contributed by atoms with Crippen LogP contribution in [0.25, 0.3) is 0 Å². The third-order valence-electron chi connectivity index (χ3n) is 5.59. The Labute approximate surface area is 198 Å². The first-order valence-electron chi connectivity index (χ1n) is 10.3. The van der Waals surface area contributed by atoms with E-state index in [1.165, 1.54) is 12.1 Å². The summed E-state index contributed by atoms with van der Waals surface area (Å²) >= 11 is 6.08. The Morgan fingerprint density at radius 1 is 1.19 bits per heavy atom. The fourth-order valence-corrected chi connectivity index (χ4v) is 4.09. The van der Waals surface area contributed by atoms with Crippen LogP contribution in [-0.2, 0) is 10.3 Å². The fourth-order valence-electron chi connectivity index (χ4n) is 3.97. The smallest absolute Gasteiger partial charge is 0.241 e. The molecule has 1 aliphatic rings. The van der Waals surface area contributed by atoms with E-state index >= 15 is 0 Å². The topological polar surface area (TPSA) is 59.0 Å². The molecule has 32 heavy (non-hydrogen) atoms. The molecule has 3 atom stereocenters. The normalized spacial score (nSPS) is 20.6. The van der Waals surface area contributed by atoms with Crippen molar-refractivity contribution in [3.05, 3.63) is 82.9 Å². The van der Waals surface area contributed by atoms with Gasteiger partial charge in [-0.05, 0) is 69.2 Å². The standard InChI is InChI=1S/C24H26ClFN4O.ClH/c1-24(2,3)30-12-11-20(29-30)19-14-21(23(31)27-18-6-4-5-17(26)13-18)28-22(19)15-7-9-16(25)10-8-15;/h4-13,19,21-22,28H,14H2,1-3H3,(H,27,31);1H/t19?,21-,22-;/m0./s1. The molecule has 4 rings (SSSR count). The molecule has 8 heteroatoms. The summed E-state index contributed by atoms with van der Waals surface area (Å²) < 4.78 is 15.5. The van der Waals surface area contributed by atoms with Gasteiger partial charge in [-0.3, -0.25) is 14.8 Å². The molecule has 1 fully saturated rings. The van der Waals surface area contributed by atoms with Gasteiger partial charge < -0.3 is 5.32 Å². The monoisotopic (exact) mass is 476 g/mol. The highest BCUT2D eigenvalue weighted by atomic mass is 35.5. The number of carbonyl (C=O) groups excluding carboxylic acids is 1. The van der Waals surface area contributed by atoms with Gasteiger partial charge in [0.05, 0.1) is 17.3 Å². The minimum Gasteiger partial charge on any atom is -0.325 e. The predicted octanol–water partition coefficient (Wildman–Crippen LogP) is 5.68. The minimum atomic E-state index is -0.436. The summed E-state index contributed by atoms with van der Waals surface area (Å²) in [5.41, 5.74) is 2.29. The lowest BCUT2D eigenvalue weighted by Gasteiger charge is -2.21. The molecule has 0 bridgehead atoms. The number of benzene rings is 2. The van der Waals surface area contributed by atoms with Crippen LogP contribution in [0.1, 0.15) is 50.4 Å². The van der Waals surface area contributed by atoms with Gasteiger partial charge in [0, 0.05) is 28.9 Å². The van der Waals surface area contributed by atoms with Gasteiger partial charge in [0.15, 0.2) is 0 Å². The number of carbonyl (C=O) groups is 1. The third-order valence-corrected chi connectivity index (χ3v) is 5.84. The molecule has 5 nitrogen and oxygen atoms in total. The van der Waals surface area contributed by atoms with E-state index in [9.17, 15) is 9.18 Å². The fraction of sp³-hybridized carbons (Fsp3) is 0.333.